The molecule has 0 aliphatic rings. The summed E-state index contributed by atoms with van der Waals surface area (Å²) in [5.74, 6) is 1.46. The fourth-order valence-corrected chi connectivity index (χ4v) is 1.35. The Morgan fingerprint density at radius 2 is 2.20 bits per heavy atom. The van der Waals surface area contributed by atoms with Crippen LogP contribution in [0.1, 0.15) is 32.5 Å². The second-order valence-corrected chi connectivity index (χ2v) is 3.72. The van der Waals surface area contributed by atoms with E-state index in [1.807, 2.05) is 13.8 Å². The molecule has 0 saturated carbocycles. The SMILES string of the molecule is C=C(C)CN(CC)Cc1nc(CC)no1. The van der Waals surface area contributed by atoms with Gasteiger partial charge in [0.05, 0.1) is 6.54 Å². The highest BCUT2D eigenvalue weighted by atomic mass is 16.5. The van der Waals surface area contributed by atoms with E-state index in [1.165, 1.54) is 0 Å². The summed E-state index contributed by atoms with van der Waals surface area (Å²) < 4.78 is 5.14. The van der Waals surface area contributed by atoms with Crippen LogP contribution in [0.15, 0.2) is 16.7 Å². The van der Waals surface area contributed by atoms with E-state index in [1.54, 1.807) is 0 Å². The summed E-state index contributed by atoms with van der Waals surface area (Å²) in [5, 5.41) is 3.87. The van der Waals surface area contributed by atoms with Gasteiger partial charge in [0, 0.05) is 13.0 Å². The van der Waals surface area contributed by atoms with Crippen molar-refractivity contribution in [2.75, 3.05) is 13.1 Å². The number of likely N-dealkylation sites (N-methyl/N-ethyl adjacent to an activating group) is 1. The number of hydrogen-bond donors (Lipinski definition) is 0. The van der Waals surface area contributed by atoms with E-state index in [0.29, 0.717) is 12.4 Å². The molecule has 0 radical (unpaired) electrons. The average Bonchev–Trinajstić information content (AvgIpc) is 2.64. The molecule has 0 amide bonds. The van der Waals surface area contributed by atoms with Crippen LogP contribution in [0.3, 0.4) is 0 Å². The molecule has 15 heavy (non-hydrogen) atoms. The molecule has 0 saturated heterocycles. The van der Waals surface area contributed by atoms with Crippen molar-refractivity contribution in [2.45, 2.75) is 33.7 Å². The van der Waals surface area contributed by atoms with Gasteiger partial charge < -0.3 is 4.52 Å². The van der Waals surface area contributed by atoms with Gasteiger partial charge in [0.15, 0.2) is 5.82 Å². The van der Waals surface area contributed by atoms with E-state index in [2.05, 4.69) is 28.5 Å². The molecular weight excluding hydrogens is 190 g/mol. The zero-order valence-electron chi connectivity index (χ0n) is 9.79. The van der Waals surface area contributed by atoms with Gasteiger partial charge in [0.25, 0.3) is 0 Å². The Labute approximate surface area is 91.0 Å². The average molecular weight is 209 g/mol. The number of hydrogen-bond acceptors (Lipinski definition) is 4. The maximum Gasteiger partial charge on any atom is 0.240 e. The zero-order valence-corrected chi connectivity index (χ0v) is 9.79. The molecule has 0 aromatic carbocycles. The monoisotopic (exact) mass is 209 g/mol. The van der Waals surface area contributed by atoms with Crippen LogP contribution in [0.5, 0.6) is 0 Å². The van der Waals surface area contributed by atoms with E-state index in [-0.39, 0.29) is 0 Å². The fraction of sp³-hybridized carbons (Fsp3) is 0.636. The summed E-state index contributed by atoms with van der Waals surface area (Å²) >= 11 is 0. The third kappa shape index (κ3) is 3.83. The summed E-state index contributed by atoms with van der Waals surface area (Å²) in [4.78, 5) is 6.49. The maximum atomic E-state index is 5.14. The normalized spacial score (nSPS) is 10.9. The number of nitrogens with zero attached hydrogens (tertiary/aromatic N) is 3. The maximum absolute atomic E-state index is 5.14. The Hall–Kier alpha value is -1.16. The van der Waals surface area contributed by atoms with Crippen LogP contribution < -0.4 is 0 Å². The Morgan fingerprint density at radius 3 is 2.67 bits per heavy atom. The molecule has 0 atom stereocenters. The molecule has 84 valence electrons. The first kappa shape index (κ1) is 11.9. The van der Waals surface area contributed by atoms with E-state index in [4.69, 9.17) is 4.52 Å². The van der Waals surface area contributed by atoms with Gasteiger partial charge in [-0.1, -0.05) is 31.2 Å². The lowest BCUT2D eigenvalue weighted by molar-refractivity contribution is 0.251. The van der Waals surface area contributed by atoms with Crippen molar-refractivity contribution in [3.05, 3.63) is 23.9 Å². The Kier molecular flexibility index (Phi) is 4.49. The van der Waals surface area contributed by atoms with Gasteiger partial charge in [-0.2, -0.15) is 4.98 Å². The highest BCUT2D eigenvalue weighted by Crippen LogP contribution is 2.04. The Morgan fingerprint density at radius 1 is 1.47 bits per heavy atom. The topological polar surface area (TPSA) is 42.2 Å². The Balaban J connectivity index is 2.54. The van der Waals surface area contributed by atoms with Crippen molar-refractivity contribution in [3.8, 4) is 0 Å². The third-order valence-corrected chi connectivity index (χ3v) is 2.13. The number of aryl methyl sites for hydroxylation is 1. The molecule has 4 heteroatoms. The standard InChI is InChI=1S/C11H19N3O/c1-5-10-12-11(15-13-10)8-14(6-2)7-9(3)4/h3,5-8H2,1-2,4H3. The molecule has 0 fully saturated rings. The first-order valence-corrected chi connectivity index (χ1v) is 5.33. The van der Waals surface area contributed by atoms with E-state index in [0.717, 1.165) is 30.9 Å². The molecule has 4 nitrogen and oxygen atoms in total. The third-order valence-electron chi connectivity index (χ3n) is 2.13. The molecule has 0 spiro atoms. The van der Waals surface area contributed by atoms with E-state index < -0.39 is 0 Å². The molecule has 1 heterocycles. The molecule has 0 aliphatic carbocycles. The quantitative estimate of drug-likeness (QED) is 0.672. The van der Waals surface area contributed by atoms with E-state index in [9.17, 15) is 0 Å². The summed E-state index contributed by atoms with van der Waals surface area (Å²) in [7, 11) is 0. The van der Waals surface area contributed by atoms with Crippen LogP contribution in [0, 0.1) is 0 Å². The zero-order chi connectivity index (χ0) is 11.3. The van der Waals surface area contributed by atoms with Crippen molar-refractivity contribution < 1.29 is 4.52 Å². The molecule has 1 rings (SSSR count). The van der Waals surface area contributed by atoms with Gasteiger partial charge in [-0.3, -0.25) is 4.90 Å². The van der Waals surface area contributed by atoms with Gasteiger partial charge in [-0.25, -0.2) is 0 Å². The highest BCUT2D eigenvalue weighted by molar-refractivity contribution is 4.93. The summed E-state index contributed by atoms with van der Waals surface area (Å²) in [5.41, 5.74) is 1.15. The van der Waals surface area contributed by atoms with Crippen LogP contribution in [0.25, 0.3) is 0 Å². The summed E-state index contributed by atoms with van der Waals surface area (Å²) in [6.07, 6.45) is 0.816. The summed E-state index contributed by atoms with van der Waals surface area (Å²) in [6.45, 7) is 12.6. The first-order valence-electron chi connectivity index (χ1n) is 5.33. The smallest absolute Gasteiger partial charge is 0.240 e. The van der Waals surface area contributed by atoms with Crippen molar-refractivity contribution in [2.24, 2.45) is 0 Å². The second-order valence-electron chi connectivity index (χ2n) is 3.72. The van der Waals surface area contributed by atoms with Crippen molar-refractivity contribution in [3.63, 3.8) is 0 Å². The van der Waals surface area contributed by atoms with Crippen LogP contribution >= 0.6 is 0 Å². The number of aromatic nitrogens is 2. The van der Waals surface area contributed by atoms with Crippen molar-refractivity contribution in [1.82, 2.24) is 15.0 Å². The minimum Gasteiger partial charge on any atom is -0.338 e. The molecular formula is C11H19N3O. The van der Waals surface area contributed by atoms with Gasteiger partial charge >= 0.3 is 0 Å². The van der Waals surface area contributed by atoms with Crippen LogP contribution in [0.4, 0.5) is 0 Å². The predicted molar refractivity (Wildman–Crippen MR) is 59.4 cm³/mol. The summed E-state index contributed by atoms with van der Waals surface area (Å²) in [6, 6.07) is 0. The fourth-order valence-electron chi connectivity index (χ4n) is 1.35. The van der Waals surface area contributed by atoms with E-state index >= 15 is 0 Å². The van der Waals surface area contributed by atoms with Crippen LogP contribution in [-0.2, 0) is 13.0 Å². The molecule has 1 aromatic heterocycles. The first-order chi connectivity index (χ1) is 7.15. The lowest BCUT2D eigenvalue weighted by Crippen LogP contribution is -2.24. The number of rotatable bonds is 6. The van der Waals surface area contributed by atoms with Gasteiger partial charge in [-0.15, -0.1) is 0 Å². The van der Waals surface area contributed by atoms with Crippen molar-refractivity contribution in [1.29, 1.82) is 0 Å². The Bertz CT molecular complexity index is 319. The second kappa shape index (κ2) is 5.66. The van der Waals surface area contributed by atoms with Gasteiger partial charge in [0.1, 0.15) is 0 Å². The minimum absolute atomic E-state index is 0.690. The minimum atomic E-state index is 0.690. The lowest BCUT2D eigenvalue weighted by atomic mass is 10.3. The largest absolute Gasteiger partial charge is 0.338 e. The lowest BCUT2D eigenvalue weighted by Gasteiger charge is -2.17. The molecule has 1 aromatic rings. The molecule has 0 aliphatic heterocycles. The molecule has 0 bridgehead atoms. The van der Waals surface area contributed by atoms with Crippen LogP contribution in [-0.4, -0.2) is 28.1 Å². The highest BCUT2D eigenvalue weighted by Gasteiger charge is 2.09. The predicted octanol–water partition coefficient (Wildman–Crippen LogP) is 2.03. The van der Waals surface area contributed by atoms with Crippen molar-refractivity contribution >= 4 is 0 Å². The van der Waals surface area contributed by atoms with Gasteiger partial charge in [-0.05, 0) is 13.5 Å². The van der Waals surface area contributed by atoms with Gasteiger partial charge in [0.2, 0.25) is 5.89 Å². The van der Waals surface area contributed by atoms with Crippen LogP contribution in [0.2, 0.25) is 0 Å². The molecule has 0 unspecified atom stereocenters. The molecule has 0 N–H and O–H groups in total.